The Hall–Kier alpha value is -1.55. The highest BCUT2D eigenvalue weighted by atomic mass is 35.5. The first-order valence-electron chi connectivity index (χ1n) is 8.86. The van der Waals surface area contributed by atoms with Gasteiger partial charge in [0, 0.05) is 12.3 Å². The maximum absolute atomic E-state index is 12.7. The highest BCUT2D eigenvalue weighted by molar-refractivity contribution is 6.45. The molecule has 2 amide bonds. The van der Waals surface area contributed by atoms with Crippen LogP contribution in [0.2, 0.25) is 0 Å². The Morgan fingerprint density at radius 1 is 1.32 bits per heavy atom. The number of ether oxygens (including phenoxy) is 1. The summed E-state index contributed by atoms with van der Waals surface area (Å²) in [6.07, 6.45) is -0.914. The molecule has 158 valence electrons. The summed E-state index contributed by atoms with van der Waals surface area (Å²) in [4.78, 5) is 35.6. The Morgan fingerprint density at radius 3 is 2.46 bits per heavy atom. The molecular formula is C17H25Cl2N3O6. The monoisotopic (exact) mass is 437 g/mol. The van der Waals surface area contributed by atoms with Gasteiger partial charge in [0.1, 0.15) is 16.6 Å². The molecule has 0 bridgehead atoms. The molecule has 0 aromatic carbocycles. The zero-order valence-electron chi connectivity index (χ0n) is 15.7. The molecule has 1 aliphatic heterocycles. The van der Waals surface area contributed by atoms with Gasteiger partial charge in [-0.05, 0) is 27.2 Å². The van der Waals surface area contributed by atoms with Gasteiger partial charge in [-0.25, -0.2) is 4.79 Å². The first kappa shape index (κ1) is 22.7. The third-order valence-electron chi connectivity index (χ3n) is 5.09. The maximum atomic E-state index is 12.7. The number of hydrogen-bond donors (Lipinski definition) is 5. The number of carbonyl (C=O) groups is 3. The number of alkyl halides is 2. The van der Waals surface area contributed by atoms with Crippen molar-refractivity contribution in [1.82, 2.24) is 10.6 Å². The molecule has 1 fully saturated rings. The van der Waals surface area contributed by atoms with E-state index in [2.05, 4.69) is 10.6 Å². The van der Waals surface area contributed by atoms with Gasteiger partial charge in [0.2, 0.25) is 11.8 Å². The van der Waals surface area contributed by atoms with Crippen LogP contribution in [0.5, 0.6) is 0 Å². The normalized spacial score (nSPS) is 32.3. The van der Waals surface area contributed by atoms with Gasteiger partial charge in [0.05, 0.1) is 23.8 Å². The number of aliphatic hydroxyl groups excluding tert-OH is 2. The molecule has 6 atom stereocenters. The Balaban J connectivity index is 2.33. The molecule has 2 aliphatic rings. The minimum absolute atomic E-state index is 0.0191. The standard InChI is InChI=1S/C17H25Cl2N3O6/c1-6(20)13(25)21-7(2)14(26)22-12-9-4-8(23)5-10(24)11(9)15(27)28-17(12,3)16(18)19/h6-9,12,16,23-24H,4-5,20H2,1-3H3,(H,21,25)(H,22,26)/t6?,7-,8-,9-,12+,17-/m0/s1. The smallest absolute Gasteiger partial charge is 0.338 e. The lowest BCUT2D eigenvalue weighted by molar-refractivity contribution is -0.167. The van der Waals surface area contributed by atoms with Crippen LogP contribution in [0, 0.1) is 5.92 Å². The van der Waals surface area contributed by atoms with Crippen LogP contribution in [-0.4, -0.2) is 62.7 Å². The van der Waals surface area contributed by atoms with Gasteiger partial charge >= 0.3 is 5.97 Å². The van der Waals surface area contributed by atoms with Crippen LogP contribution in [0.4, 0.5) is 0 Å². The van der Waals surface area contributed by atoms with Crippen molar-refractivity contribution in [2.24, 2.45) is 11.7 Å². The summed E-state index contributed by atoms with van der Waals surface area (Å²) >= 11 is 12.1. The lowest BCUT2D eigenvalue weighted by Gasteiger charge is -2.48. The molecule has 0 saturated carbocycles. The summed E-state index contributed by atoms with van der Waals surface area (Å²) in [7, 11) is 0. The Morgan fingerprint density at radius 2 is 1.93 bits per heavy atom. The van der Waals surface area contributed by atoms with Crippen molar-refractivity contribution in [3.8, 4) is 0 Å². The molecular weight excluding hydrogens is 413 g/mol. The Kier molecular flexibility index (Phi) is 6.86. The number of hydrogen-bond acceptors (Lipinski definition) is 7. The van der Waals surface area contributed by atoms with Gasteiger partial charge in [0.25, 0.3) is 0 Å². The van der Waals surface area contributed by atoms with Gasteiger partial charge < -0.3 is 31.3 Å². The van der Waals surface area contributed by atoms with Crippen molar-refractivity contribution >= 4 is 41.0 Å². The number of cyclic esters (lactones) is 1. The van der Waals surface area contributed by atoms with Crippen LogP contribution in [0.15, 0.2) is 11.3 Å². The Bertz CT molecular complexity index is 698. The largest absolute Gasteiger partial charge is 0.512 e. The van der Waals surface area contributed by atoms with Crippen LogP contribution < -0.4 is 16.4 Å². The molecule has 0 spiro atoms. The van der Waals surface area contributed by atoms with E-state index in [0.717, 1.165) is 0 Å². The molecule has 6 N–H and O–H groups in total. The third-order valence-corrected chi connectivity index (χ3v) is 5.95. The number of esters is 1. The van der Waals surface area contributed by atoms with Gasteiger partial charge in [-0.1, -0.05) is 0 Å². The van der Waals surface area contributed by atoms with E-state index in [-0.39, 0.29) is 24.2 Å². The molecule has 1 aliphatic carbocycles. The van der Waals surface area contributed by atoms with Crippen molar-refractivity contribution < 1.29 is 29.3 Å². The zero-order valence-corrected chi connectivity index (χ0v) is 17.3. The third kappa shape index (κ3) is 4.37. The second kappa shape index (κ2) is 8.44. The fourth-order valence-electron chi connectivity index (χ4n) is 3.44. The van der Waals surface area contributed by atoms with Crippen LogP contribution >= 0.6 is 23.2 Å². The highest BCUT2D eigenvalue weighted by Gasteiger charge is 2.56. The lowest BCUT2D eigenvalue weighted by Crippen LogP contribution is -2.66. The second-order valence-electron chi connectivity index (χ2n) is 7.44. The van der Waals surface area contributed by atoms with Gasteiger partial charge in [-0.15, -0.1) is 23.2 Å². The highest BCUT2D eigenvalue weighted by Crippen LogP contribution is 2.44. The summed E-state index contributed by atoms with van der Waals surface area (Å²) < 4.78 is 5.40. The number of amides is 2. The number of rotatable bonds is 5. The van der Waals surface area contributed by atoms with Crippen molar-refractivity contribution in [2.45, 2.75) is 68.3 Å². The van der Waals surface area contributed by atoms with Crippen LogP contribution in [-0.2, 0) is 19.1 Å². The van der Waals surface area contributed by atoms with Crippen molar-refractivity contribution in [3.05, 3.63) is 11.3 Å². The zero-order chi connectivity index (χ0) is 21.4. The molecule has 1 saturated heterocycles. The molecule has 2 rings (SSSR count). The molecule has 1 heterocycles. The Labute approximate surface area is 172 Å². The average molecular weight is 438 g/mol. The first-order chi connectivity index (χ1) is 12.9. The molecule has 0 aromatic rings. The summed E-state index contributed by atoms with van der Waals surface area (Å²) in [5.74, 6) is -2.97. The first-order valence-corrected chi connectivity index (χ1v) is 9.73. The van der Waals surface area contributed by atoms with Gasteiger partial charge in [-0.2, -0.15) is 0 Å². The van der Waals surface area contributed by atoms with Crippen molar-refractivity contribution in [2.75, 3.05) is 0 Å². The fraction of sp³-hybridized carbons (Fsp3) is 0.706. The topological polar surface area (TPSA) is 151 Å². The van der Waals surface area contributed by atoms with E-state index >= 15 is 0 Å². The maximum Gasteiger partial charge on any atom is 0.338 e. The number of nitrogens with one attached hydrogen (secondary N) is 2. The summed E-state index contributed by atoms with van der Waals surface area (Å²) in [5.41, 5.74) is 3.95. The SMILES string of the molecule is CC(N)C(=O)N[C@@H](C)C(=O)N[C@@H]1[C@H]2C[C@H](O)CC(O)=C2C(=O)O[C@]1(C)C(Cl)Cl. The van der Waals surface area contributed by atoms with Crippen LogP contribution in [0.3, 0.4) is 0 Å². The fourth-order valence-corrected chi connectivity index (χ4v) is 3.80. The molecule has 0 aromatic heterocycles. The van der Waals surface area contributed by atoms with E-state index in [1.165, 1.54) is 20.8 Å². The second-order valence-corrected chi connectivity index (χ2v) is 8.54. The quantitative estimate of drug-likeness (QED) is 0.300. The number of fused-ring (bicyclic) bond motifs is 1. The van der Waals surface area contributed by atoms with E-state index in [4.69, 9.17) is 33.7 Å². The lowest BCUT2D eigenvalue weighted by atomic mass is 9.72. The van der Waals surface area contributed by atoms with E-state index in [1.54, 1.807) is 0 Å². The molecule has 1 unspecified atom stereocenters. The number of carbonyl (C=O) groups excluding carboxylic acids is 3. The van der Waals surface area contributed by atoms with E-state index in [0.29, 0.717) is 0 Å². The average Bonchev–Trinajstić information content (AvgIpc) is 2.56. The number of aliphatic hydroxyl groups is 2. The summed E-state index contributed by atoms with van der Waals surface area (Å²) in [6, 6.07) is -2.69. The number of halogens is 2. The summed E-state index contributed by atoms with van der Waals surface area (Å²) in [6.45, 7) is 4.40. The van der Waals surface area contributed by atoms with Gasteiger partial charge in [-0.3, -0.25) is 9.59 Å². The molecule has 0 radical (unpaired) electrons. The van der Waals surface area contributed by atoms with Gasteiger partial charge in [0.15, 0.2) is 5.60 Å². The minimum Gasteiger partial charge on any atom is -0.512 e. The van der Waals surface area contributed by atoms with E-state index in [1.807, 2.05) is 0 Å². The molecule has 9 nitrogen and oxygen atoms in total. The molecule has 11 heteroatoms. The predicted molar refractivity (Wildman–Crippen MR) is 102 cm³/mol. The molecule has 28 heavy (non-hydrogen) atoms. The van der Waals surface area contributed by atoms with Crippen LogP contribution in [0.25, 0.3) is 0 Å². The van der Waals surface area contributed by atoms with Crippen molar-refractivity contribution in [3.63, 3.8) is 0 Å². The van der Waals surface area contributed by atoms with E-state index in [9.17, 15) is 24.6 Å². The number of nitrogens with two attached hydrogens (primary N) is 1. The summed E-state index contributed by atoms with van der Waals surface area (Å²) in [5, 5.41) is 25.4. The van der Waals surface area contributed by atoms with E-state index < -0.39 is 58.4 Å². The van der Waals surface area contributed by atoms with Crippen molar-refractivity contribution in [1.29, 1.82) is 0 Å². The predicted octanol–water partition coefficient (Wildman–Crippen LogP) is 0.0253. The van der Waals surface area contributed by atoms with Crippen LogP contribution in [0.1, 0.15) is 33.6 Å². The minimum atomic E-state index is -1.52.